The molecule has 0 saturated carbocycles. The van der Waals surface area contributed by atoms with Gasteiger partial charge < -0.3 is 10.2 Å². The molecule has 1 saturated heterocycles. The Morgan fingerprint density at radius 1 is 1.65 bits per heavy atom. The maximum Gasteiger partial charge on any atom is 0.261 e. The lowest BCUT2D eigenvalue weighted by Gasteiger charge is -2.33. The molecule has 2 heterocycles. The average Bonchev–Trinajstić information content (AvgIpc) is 2.39. The van der Waals surface area contributed by atoms with E-state index in [1.165, 1.54) is 0 Å². The van der Waals surface area contributed by atoms with Gasteiger partial charge in [0.2, 0.25) is 0 Å². The fourth-order valence-electron chi connectivity index (χ4n) is 2.00. The quantitative estimate of drug-likeness (QED) is 0.826. The van der Waals surface area contributed by atoms with Crippen LogP contribution in [0.3, 0.4) is 0 Å². The van der Waals surface area contributed by atoms with Gasteiger partial charge in [-0.2, -0.15) is 0 Å². The van der Waals surface area contributed by atoms with E-state index in [0.717, 1.165) is 36.6 Å². The van der Waals surface area contributed by atoms with E-state index in [2.05, 4.69) is 10.3 Å². The lowest BCUT2D eigenvalue weighted by molar-refractivity contribution is -0.127. The van der Waals surface area contributed by atoms with Crippen molar-refractivity contribution in [2.24, 2.45) is 4.99 Å². The molecule has 1 atom stereocenters. The number of hydrogen-bond donors (Lipinski definition) is 1. The van der Waals surface area contributed by atoms with Crippen molar-refractivity contribution in [3.05, 3.63) is 11.1 Å². The van der Waals surface area contributed by atoms with Gasteiger partial charge in [0.25, 0.3) is 5.91 Å². The van der Waals surface area contributed by atoms with Gasteiger partial charge in [-0.15, -0.1) is 24.2 Å². The summed E-state index contributed by atoms with van der Waals surface area (Å²) in [5.41, 5.74) is 0. The molecule has 1 fully saturated rings. The molecule has 6 heteroatoms. The lowest BCUT2D eigenvalue weighted by atomic mass is 10.1. The second kappa shape index (κ2) is 7.03. The van der Waals surface area contributed by atoms with E-state index < -0.39 is 0 Å². The number of carbonyl (C=O) groups is 1. The molecule has 0 aromatic heterocycles. The number of rotatable bonds is 2. The molecule has 0 bridgehead atoms. The number of nitrogens with zero attached hydrogens (tertiary/aromatic N) is 2. The van der Waals surface area contributed by atoms with Crippen molar-refractivity contribution >= 4 is 36.3 Å². The Balaban J connectivity index is 0.00000144. The van der Waals surface area contributed by atoms with Gasteiger partial charge in [-0.3, -0.25) is 9.79 Å². The summed E-state index contributed by atoms with van der Waals surface area (Å²) in [4.78, 5) is 18.9. The van der Waals surface area contributed by atoms with Gasteiger partial charge in [0, 0.05) is 37.3 Å². The molecule has 0 spiro atoms. The Hall–Kier alpha value is -0.520. The number of likely N-dealkylation sites (tertiary alicyclic amines) is 1. The minimum Gasteiger partial charge on any atom is -0.337 e. The third kappa shape index (κ3) is 3.72. The Labute approximate surface area is 112 Å². The van der Waals surface area contributed by atoms with Crippen LogP contribution in [0, 0.1) is 0 Å². The van der Waals surface area contributed by atoms with Crippen LogP contribution in [0.25, 0.3) is 0 Å². The molecule has 2 rings (SSSR count). The summed E-state index contributed by atoms with van der Waals surface area (Å²) >= 11 is 1.57. The molecule has 2 aliphatic rings. The van der Waals surface area contributed by atoms with E-state index in [9.17, 15) is 4.79 Å². The molecular weight excluding hydrogens is 258 g/mol. The van der Waals surface area contributed by atoms with Crippen LogP contribution in [0.4, 0.5) is 0 Å². The van der Waals surface area contributed by atoms with Gasteiger partial charge in [0.05, 0.1) is 4.91 Å². The third-order valence-electron chi connectivity index (χ3n) is 2.94. The summed E-state index contributed by atoms with van der Waals surface area (Å²) in [6.45, 7) is 1.69. The lowest BCUT2D eigenvalue weighted by Crippen LogP contribution is -2.47. The van der Waals surface area contributed by atoms with Crippen molar-refractivity contribution in [1.29, 1.82) is 0 Å². The van der Waals surface area contributed by atoms with Gasteiger partial charge in [0.1, 0.15) is 0 Å². The van der Waals surface area contributed by atoms with Crippen molar-refractivity contribution in [2.75, 3.05) is 25.9 Å². The number of likely N-dealkylation sites (N-methyl/N-ethyl adjacent to an activating group) is 1. The summed E-state index contributed by atoms with van der Waals surface area (Å²) in [7, 11) is 1.96. The highest BCUT2D eigenvalue weighted by Gasteiger charge is 2.25. The number of carbonyl (C=O) groups excluding carboxylic acids is 1. The first-order valence-corrected chi connectivity index (χ1v) is 6.61. The monoisotopic (exact) mass is 275 g/mol. The minimum atomic E-state index is 0. The predicted octanol–water partition coefficient (Wildman–Crippen LogP) is 1.28. The fourth-order valence-corrected chi connectivity index (χ4v) is 2.73. The number of piperidine rings is 1. The topological polar surface area (TPSA) is 44.7 Å². The van der Waals surface area contributed by atoms with Crippen LogP contribution in [-0.4, -0.2) is 49.0 Å². The molecule has 96 valence electrons. The van der Waals surface area contributed by atoms with Gasteiger partial charge in [-0.25, -0.2) is 0 Å². The maximum absolute atomic E-state index is 12.1. The highest BCUT2D eigenvalue weighted by atomic mass is 35.5. The van der Waals surface area contributed by atoms with Crippen LogP contribution < -0.4 is 5.32 Å². The molecule has 0 aromatic rings. The summed E-state index contributed by atoms with van der Waals surface area (Å²) in [5, 5.41) is 3.24. The highest BCUT2D eigenvalue weighted by molar-refractivity contribution is 8.04. The molecule has 0 aromatic carbocycles. The summed E-state index contributed by atoms with van der Waals surface area (Å²) in [6, 6.07) is 0.440. The number of aliphatic imine (C=N–C) groups is 1. The maximum atomic E-state index is 12.1. The normalized spacial score (nSPS) is 23.9. The van der Waals surface area contributed by atoms with Crippen LogP contribution in [0.5, 0.6) is 0 Å². The molecule has 17 heavy (non-hydrogen) atoms. The van der Waals surface area contributed by atoms with E-state index in [1.807, 2.05) is 18.2 Å². The third-order valence-corrected chi connectivity index (χ3v) is 3.84. The fraction of sp³-hybridized carbons (Fsp3) is 0.636. The molecule has 1 N–H and O–H groups in total. The van der Waals surface area contributed by atoms with E-state index >= 15 is 0 Å². The molecular formula is C11H18ClN3OS. The van der Waals surface area contributed by atoms with E-state index in [4.69, 9.17) is 0 Å². The van der Waals surface area contributed by atoms with Crippen LogP contribution in [0.2, 0.25) is 0 Å². The molecule has 1 amide bonds. The molecule has 2 aliphatic heterocycles. The zero-order valence-electron chi connectivity index (χ0n) is 9.89. The van der Waals surface area contributed by atoms with Crippen molar-refractivity contribution < 1.29 is 4.79 Å². The predicted molar refractivity (Wildman–Crippen MR) is 74.9 cm³/mol. The van der Waals surface area contributed by atoms with Crippen molar-refractivity contribution in [3.8, 4) is 0 Å². The summed E-state index contributed by atoms with van der Waals surface area (Å²) in [5.74, 6) is 0.947. The van der Waals surface area contributed by atoms with Gasteiger partial charge in [0.15, 0.2) is 0 Å². The number of hydrogen-bond acceptors (Lipinski definition) is 4. The Bertz CT molecular complexity index is 333. The van der Waals surface area contributed by atoms with Gasteiger partial charge in [-0.05, 0) is 19.9 Å². The van der Waals surface area contributed by atoms with E-state index in [1.54, 1.807) is 18.0 Å². The Kier molecular flexibility index (Phi) is 6.02. The molecule has 4 nitrogen and oxygen atoms in total. The van der Waals surface area contributed by atoms with E-state index in [0.29, 0.717) is 6.04 Å². The van der Waals surface area contributed by atoms with Crippen molar-refractivity contribution in [2.45, 2.75) is 18.9 Å². The van der Waals surface area contributed by atoms with Crippen LogP contribution in [0.1, 0.15) is 12.8 Å². The summed E-state index contributed by atoms with van der Waals surface area (Å²) < 4.78 is 0. The molecule has 0 aliphatic carbocycles. The van der Waals surface area contributed by atoms with Crippen LogP contribution in [0.15, 0.2) is 16.1 Å². The zero-order chi connectivity index (χ0) is 11.4. The Morgan fingerprint density at radius 2 is 2.47 bits per heavy atom. The first kappa shape index (κ1) is 14.5. The van der Waals surface area contributed by atoms with Gasteiger partial charge in [-0.1, -0.05) is 0 Å². The summed E-state index contributed by atoms with van der Waals surface area (Å²) in [6.07, 6.45) is 5.75. The van der Waals surface area contributed by atoms with Crippen LogP contribution >= 0.6 is 24.2 Å². The van der Waals surface area contributed by atoms with E-state index in [-0.39, 0.29) is 18.3 Å². The number of amides is 1. The smallest absolute Gasteiger partial charge is 0.261 e. The van der Waals surface area contributed by atoms with Crippen LogP contribution in [-0.2, 0) is 4.79 Å². The van der Waals surface area contributed by atoms with Crippen molar-refractivity contribution in [3.63, 3.8) is 0 Å². The number of thioether (sulfide) groups is 1. The first-order valence-electron chi connectivity index (χ1n) is 5.62. The average molecular weight is 276 g/mol. The zero-order valence-corrected chi connectivity index (χ0v) is 11.5. The second-order valence-electron chi connectivity index (χ2n) is 4.01. The second-order valence-corrected chi connectivity index (χ2v) is 5.08. The molecule has 1 unspecified atom stereocenters. The van der Waals surface area contributed by atoms with Gasteiger partial charge >= 0.3 is 0 Å². The standard InChI is InChI=1S/C11H17N3OS.ClH/c1-12-9-3-2-5-14(8-9)11(15)10-7-13-4-6-16-10;/h4,7,9,12H,2-3,5-6,8H2,1H3;1H. The highest BCUT2D eigenvalue weighted by Crippen LogP contribution is 2.22. The number of nitrogens with one attached hydrogen (secondary N) is 1. The number of halogens is 1. The largest absolute Gasteiger partial charge is 0.337 e. The SMILES string of the molecule is CNC1CCCN(C(=O)C2=CN=CCS2)C1.Cl. The minimum absolute atomic E-state index is 0. The van der Waals surface area contributed by atoms with Crippen molar-refractivity contribution in [1.82, 2.24) is 10.2 Å². The Morgan fingerprint density at radius 3 is 3.12 bits per heavy atom. The first-order chi connectivity index (χ1) is 7.81. The molecule has 0 radical (unpaired) electrons.